The molecule has 3 unspecified atom stereocenters. The van der Waals surface area contributed by atoms with E-state index < -0.39 is 18.2 Å². The van der Waals surface area contributed by atoms with Crippen LogP contribution in [0.5, 0.6) is 0 Å². The fourth-order valence-corrected chi connectivity index (χ4v) is 3.08. The summed E-state index contributed by atoms with van der Waals surface area (Å²) in [5.41, 5.74) is 2.76. The first-order valence-electron chi connectivity index (χ1n) is 7.53. The van der Waals surface area contributed by atoms with Crippen LogP contribution in [0.4, 0.5) is 0 Å². The van der Waals surface area contributed by atoms with Crippen LogP contribution in [0, 0.1) is 5.92 Å². The monoisotopic (exact) mass is 302 g/mol. The summed E-state index contributed by atoms with van der Waals surface area (Å²) in [6.07, 6.45) is 6.13. The first-order chi connectivity index (χ1) is 10.7. The van der Waals surface area contributed by atoms with Crippen molar-refractivity contribution in [2.45, 2.75) is 37.5 Å². The summed E-state index contributed by atoms with van der Waals surface area (Å²) in [6.45, 7) is -0.275. The van der Waals surface area contributed by atoms with Crippen molar-refractivity contribution in [1.82, 2.24) is 19.5 Å². The molecule has 7 heteroatoms. The van der Waals surface area contributed by atoms with Crippen molar-refractivity contribution in [2.75, 3.05) is 6.61 Å². The minimum atomic E-state index is -1.06. The van der Waals surface area contributed by atoms with Gasteiger partial charge in [0, 0.05) is 0 Å². The molecule has 3 N–H and O–H groups in total. The summed E-state index contributed by atoms with van der Waals surface area (Å²) in [5, 5.41) is 29.4. The average molecular weight is 302 g/mol. The highest BCUT2D eigenvalue weighted by Crippen LogP contribution is 2.35. The van der Waals surface area contributed by atoms with Crippen LogP contribution in [0.3, 0.4) is 0 Å². The number of aliphatic hydroxyl groups is 3. The first-order valence-corrected chi connectivity index (χ1v) is 7.53. The molecule has 22 heavy (non-hydrogen) atoms. The van der Waals surface area contributed by atoms with E-state index in [9.17, 15) is 15.3 Å². The Morgan fingerprint density at radius 2 is 2.00 bits per heavy atom. The van der Waals surface area contributed by atoms with Crippen molar-refractivity contribution in [3.63, 3.8) is 0 Å². The van der Waals surface area contributed by atoms with Gasteiger partial charge < -0.3 is 19.9 Å². The summed E-state index contributed by atoms with van der Waals surface area (Å²) in [7, 11) is 0. The van der Waals surface area contributed by atoms with Gasteiger partial charge in [0.25, 0.3) is 0 Å². The highest BCUT2D eigenvalue weighted by molar-refractivity contribution is 5.73. The maximum absolute atomic E-state index is 10.2. The third-order valence-electron chi connectivity index (χ3n) is 4.56. The molecule has 7 nitrogen and oxygen atoms in total. The Bertz CT molecular complexity index is 737. The quantitative estimate of drug-likeness (QED) is 0.685. The Balaban J connectivity index is 1.75. The molecule has 0 aromatic carbocycles. The molecular weight excluding hydrogens is 284 g/mol. The van der Waals surface area contributed by atoms with Crippen LogP contribution in [0.2, 0.25) is 0 Å². The van der Waals surface area contributed by atoms with Gasteiger partial charge in [0.15, 0.2) is 5.65 Å². The van der Waals surface area contributed by atoms with Gasteiger partial charge in [-0.25, -0.2) is 15.0 Å². The molecule has 0 radical (unpaired) electrons. The van der Waals surface area contributed by atoms with Crippen molar-refractivity contribution in [1.29, 1.82) is 0 Å². The smallest absolute Gasteiger partial charge is 0.164 e. The van der Waals surface area contributed by atoms with E-state index in [1.807, 2.05) is 0 Å². The van der Waals surface area contributed by atoms with Gasteiger partial charge in [0.05, 0.1) is 24.7 Å². The molecule has 4 rings (SSSR count). The van der Waals surface area contributed by atoms with Crippen molar-refractivity contribution >= 4 is 11.2 Å². The lowest BCUT2D eigenvalue weighted by atomic mass is 10.1. The summed E-state index contributed by atoms with van der Waals surface area (Å²) < 4.78 is 1.74. The molecule has 2 heterocycles. The Labute approximate surface area is 127 Å². The van der Waals surface area contributed by atoms with E-state index in [4.69, 9.17) is 0 Å². The van der Waals surface area contributed by atoms with Crippen LogP contribution in [-0.2, 0) is 6.42 Å². The number of hydrogen-bond acceptors (Lipinski definition) is 6. The van der Waals surface area contributed by atoms with Gasteiger partial charge in [-0.05, 0) is 30.8 Å². The Morgan fingerprint density at radius 3 is 2.68 bits per heavy atom. The summed E-state index contributed by atoms with van der Waals surface area (Å²) in [5.74, 6) is 0.697. The van der Waals surface area contributed by atoms with Crippen LogP contribution in [0.1, 0.15) is 24.6 Å². The van der Waals surface area contributed by atoms with E-state index in [1.165, 1.54) is 19.2 Å². The molecule has 1 fully saturated rings. The zero-order chi connectivity index (χ0) is 15.3. The number of imidazole rings is 1. The molecular formula is C15H18N4O3. The van der Waals surface area contributed by atoms with Crippen LogP contribution < -0.4 is 0 Å². The summed E-state index contributed by atoms with van der Waals surface area (Å²) >= 11 is 0. The van der Waals surface area contributed by atoms with Gasteiger partial charge >= 0.3 is 0 Å². The lowest BCUT2D eigenvalue weighted by Gasteiger charge is -2.18. The standard InChI is InChI=1S/C15H18N4O3/c20-5-9-4-11(14(22)13(9)21)19-7-18-12-10(3-8-1-2-8)16-6-17-15(12)19/h4,6-8,11,13-14,20-22H,1-3,5H2. The largest absolute Gasteiger partial charge is 0.392 e. The number of aromatic nitrogens is 4. The Hall–Kier alpha value is -1.83. The minimum absolute atomic E-state index is 0.275. The Morgan fingerprint density at radius 1 is 1.18 bits per heavy atom. The number of nitrogens with zero attached hydrogens (tertiary/aromatic N) is 4. The van der Waals surface area contributed by atoms with E-state index in [2.05, 4.69) is 15.0 Å². The molecule has 2 aliphatic rings. The summed E-state index contributed by atoms with van der Waals surface area (Å²) in [6, 6.07) is -0.481. The maximum atomic E-state index is 10.2. The third-order valence-corrected chi connectivity index (χ3v) is 4.56. The minimum Gasteiger partial charge on any atom is -0.392 e. The van der Waals surface area contributed by atoms with Gasteiger partial charge in [-0.3, -0.25) is 0 Å². The number of aliphatic hydroxyl groups excluding tert-OH is 3. The van der Waals surface area contributed by atoms with Crippen LogP contribution in [0.15, 0.2) is 24.3 Å². The Kier molecular flexibility index (Phi) is 3.21. The molecule has 0 bridgehead atoms. The highest BCUT2D eigenvalue weighted by Gasteiger charge is 2.36. The average Bonchev–Trinajstić information content (AvgIpc) is 3.16. The second kappa shape index (κ2) is 5.12. The zero-order valence-electron chi connectivity index (χ0n) is 12.0. The second-order valence-electron chi connectivity index (χ2n) is 6.12. The van der Waals surface area contributed by atoms with E-state index in [-0.39, 0.29) is 6.61 Å². The normalized spacial score (nSPS) is 28.3. The van der Waals surface area contributed by atoms with Crippen LogP contribution >= 0.6 is 0 Å². The van der Waals surface area contributed by atoms with Crippen LogP contribution in [-0.4, -0.2) is 53.7 Å². The molecule has 2 aliphatic carbocycles. The molecule has 116 valence electrons. The number of rotatable bonds is 4. The fraction of sp³-hybridized carbons (Fsp3) is 0.533. The maximum Gasteiger partial charge on any atom is 0.164 e. The number of fused-ring (bicyclic) bond motifs is 1. The fourth-order valence-electron chi connectivity index (χ4n) is 3.08. The topological polar surface area (TPSA) is 104 Å². The molecule has 0 saturated heterocycles. The van der Waals surface area contributed by atoms with Gasteiger partial charge in [-0.2, -0.15) is 0 Å². The number of hydrogen-bond donors (Lipinski definition) is 3. The van der Waals surface area contributed by atoms with E-state index in [0.29, 0.717) is 17.1 Å². The predicted molar refractivity (Wildman–Crippen MR) is 78.0 cm³/mol. The van der Waals surface area contributed by atoms with E-state index in [0.717, 1.165) is 17.6 Å². The van der Waals surface area contributed by atoms with E-state index in [1.54, 1.807) is 17.0 Å². The van der Waals surface area contributed by atoms with Crippen molar-refractivity contribution in [3.05, 3.63) is 30.0 Å². The van der Waals surface area contributed by atoms with Gasteiger partial charge in [-0.1, -0.05) is 6.08 Å². The van der Waals surface area contributed by atoms with Gasteiger partial charge in [0.1, 0.15) is 24.1 Å². The highest BCUT2D eigenvalue weighted by atomic mass is 16.3. The predicted octanol–water partition coefficient (Wildman–Crippen LogP) is -0.0260. The zero-order valence-corrected chi connectivity index (χ0v) is 12.0. The summed E-state index contributed by atoms with van der Waals surface area (Å²) in [4.78, 5) is 13.0. The lowest BCUT2D eigenvalue weighted by molar-refractivity contribution is 0.0287. The SMILES string of the molecule is OCC1=CC(n2cnc3c(CC4CC4)ncnc32)C(O)C1O. The second-order valence-corrected chi connectivity index (χ2v) is 6.12. The van der Waals surface area contributed by atoms with Crippen molar-refractivity contribution in [3.8, 4) is 0 Å². The molecule has 3 atom stereocenters. The molecule has 0 amide bonds. The molecule has 2 aromatic rings. The third kappa shape index (κ3) is 2.13. The molecule has 1 saturated carbocycles. The van der Waals surface area contributed by atoms with E-state index >= 15 is 0 Å². The van der Waals surface area contributed by atoms with Crippen molar-refractivity contribution in [2.24, 2.45) is 5.92 Å². The van der Waals surface area contributed by atoms with Gasteiger partial charge in [0.2, 0.25) is 0 Å². The molecule has 0 aliphatic heterocycles. The molecule has 0 spiro atoms. The lowest BCUT2D eigenvalue weighted by Crippen LogP contribution is -2.30. The molecule has 2 aromatic heterocycles. The van der Waals surface area contributed by atoms with Crippen LogP contribution in [0.25, 0.3) is 11.2 Å². The first kappa shape index (κ1) is 13.8. The van der Waals surface area contributed by atoms with Gasteiger partial charge in [-0.15, -0.1) is 0 Å². The van der Waals surface area contributed by atoms with Crippen molar-refractivity contribution < 1.29 is 15.3 Å².